The van der Waals surface area contributed by atoms with Crippen molar-refractivity contribution in [3.8, 4) is 11.5 Å². The number of phenolic OH excluding ortho intramolecular Hbond substituents is 1. The topological polar surface area (TPSA) is 132 Å². The molecule has 34 heavy (non-hydrogen) atoms. The van der Waals surface area contributed by atoms with Crippen molar-refractivity contribution in [1.82, 2.24) is 4.90 Å². The van der Waals surface area contributed by atoms with E-state index in [1.54, 1.807) is 12.1 Å². The lowest BCUT2D eigenvalue weighted by molar-refractivity contribution is -0.175. The Morgan fingerprint density at radius 3 is 2.65 bits per heavy atom. The molecule has 2 bridgehead atoms. The van der Waals surface area contributed by atoms with Crippen molar-refractivity contribution < 1.29 is 34.0 Å². The zero-order valence-corrected chi connectivity index (χ0v) is 20.8. The van der Waals surface area contributed by atoms with Crippen LogP contribution in [-0.2, 0) is 30.9 Å². The summed E-state index contributed by atoms with van der Waals surface area (Å²) in [6.07, 6.45) is 1.24. The first kappa shape index (κ1) is 26.6. The van der Waals surface area contributed by atoms with Crippen LogP contribution in [0.4, 0.5) is 0 Å². The third-order valence-corrected chi connectivity index (χ3v) is 7.57. The summed E-state index contributed by atoms with van der Waals surface area (Å²) in [4.78, 5) is 26.6. The van der Waals surface area contributed by atoms with Crippen molar-refractivity contribution in [2.24, 2.45) is 5.73 Å². The van der Waals surface area contributed by atoms with Gasteiger partial charge in [-0.25, -0.2) is 4.79 Å². The summed E-state index contributed by atoms with van der Waals surface area (Å²) in [6, 6.07) is 2.49. The Kier molecular flexibility index (Phi) is 6.93. The summed E-state index contributed by atoms with van der Waals surface area (Å²) in [5, 5.41) is 22.6. The molecular weight excluding hydrogens is 487 g/mol. The van der Waals surface area contributed by atoms with E-state index in [9.17, 15) is 19.8 Å². The van der Waals surface area contributed by atoms with Crippen LogP contribution in [0.25, 0.3) is 0 Å². The summed E-state index contributed by atoms with van der Waals surface area (Å²) < 4.78 is 17.0. The lowest BCUT2D eigenvalue weighted by Crippen LogP contribution is -2.74. The third kappa shape index (κ3) is 3.40. The fourth-order valence-electron chi connectivity index (χ4n) is 5.97. The van der Waals surface area contributed by atoms with E-state index in [1.807, 2.05) is 13.1 Å². The number of ether oxygens (including phenoxy) is 3. The molecule has 188 valence electrons. The standard InChI is InChI=1S/C23H28N2O7.2ClH/c1-11(24)20(27)30-12(2)21(28)31-15-6-7-23(29)16-10-13-4-5-14(26)18-17(13)22(23,19(15)32-18)8-9-25(16)3;;/h4-6,11-12,16,19,26,29H,7-10,24H2,1-3H3;2*1H/t11-,12-,16?,19-,22-,23-;;/m0../s1. The number of aliphatic hydroxyl groups is 1. The Hall–Kier alpha value is -2.04. The number of piperidine rings is 1. The van der Waals surface area contributed by atoms with Crippen LogP contribution in [0.2, 0.25) is 0 Å². The Balaban J connectivity index is 0.00000162. The highest BCUT2D eigenvalue weighted by Gasteiger charge is 2.72. The van der Waals surface area contributed by atoms with Crippen LogP contribution in [0.1, 0.15) is 37.8 Å². The van der Waals surface area contributed by atoms with Gasteiger partial charge in [0, 0.05) is 18.0 Å². The number of phenols is 1. The van der Waals surface area contributed by atoms with Crippen molar-refractivity contribution in [3.63, 3.8) is 0 Å². The summed E-state index contributed by atoms with van der Waals surface area (Å²) in [6.45, 7) is 3.61. The third-order valence-electron chi connectivity index (χ3n) is 7.57. The molecule has 1 aromatic rings. The first-order valence-corrected chi connectivity index (χ1v) is 10.9. The van der Waals surface area contributed by atoms with Crippen LogP contribution in [0.3, 0.4) is 0 Å². The van der Waals surface area contributed by atoms with Crippen LogP contribution in [0.15, 0.2) is 24.0 Å². The average Bonchev–Trinajstić information content (AvgIpc) is 3.10. The number of hydrogen-bond acceptors (Lipinski definition) is 9. The number of hydrogen-bond donors (Lipinski definition) is 3. The lowest BCUT2D eigenvalue weighted by Gasteiger charge is -2.61. The maximum Gasteiger partial charge on any atom is 0.352 e. The predicted octanol–water partition coefficient (Wildman–Crippen LogP) is 1.34. The molecule has 1 fully saturated rings. The van der Waals surface area contributed by atoms with E-state index in [4.69, 9.17) is 19.9 Å². The zero-order chi connectivity index (χ0) is 23.0. The van der Waals surface area contributed by atoms with Crippen LogP contribution in [0.5, 0.6) is 11.5 Å². The molecule has 4 N–H and O–H groups in total. The highest BCUT2D eigenvalue weighted by Crippen LogP contribution is 2.65. The van der Waals surface area contributed by atoms with E-state index in [2.05, 4.69) is 4.90 Å². The molecule has 2 aliphatic heterocycles. The minimum absolute atomic E-state index is 0. The fraction of sp³-hybridized carbons (Fsp3) is 0.565. The second kappa shape index (κ2) is 8.87. The molecule has 1 spiro atoms. The molecule has 2 heterocycles. The number of carbonyl (C=O) groups excluding carboxylic acids is 2. The zero-order valence-electron chi connectivity index (χ0n) is 19.1. The van der Waals surface area contributed by atoms with Crippen LogP contribution < -0.4 is 10.5 Å². The molecule has 1 unspecified atom stereocenters. The monoisotopic (exact) mass is 516 g/mol. The summed E-state index contributed by atoms with van der Waals surface area (Å²) in [5.41, 5.74) is 5.35. The van der Waals surface area contributed by atoms with Gasteiger partial charge < -0.3 is 35.1 Å². The molecule has 6 atom stereocenters. The van der Waals surface area contributed by atoms with Gasteiger partial charge in [0.05, 0.1) is 11.0 Å². The molecule has 9 nitrogen and oxygen atoms in total. The number of rotatable bonds is 4. The van der Waals surface area contributed by atoms with E-state index in [0.717, 1.165) is 17.7 Å². The number of nitrogens with two attached hydrogens (primary N) is 1. The van der Waals surface area contributed by atoms with Gasteiger partial charge in [-0.05, 0) is 58.0 Å². The molecule has 0 amide bonds. The number of nitrogens with zero attached hydrogens (tertiary/aromatic N) is 1. The Morgan fingerprint density at radius 1 is 1.26 bits per heavy atom. The Labute approximate surface area is 210 Å². The lowest BCUT2D eigenvalue weighted by atomic mass is 9.50. The quantitative estimate of drug-likeness (QED) is 0.507. The molecule has 4 aliphatic rings. The van der Waals surface area contributed by atoms with Gasteiger partial charge in [0.25, 0.3) is 0 Å². The molecular formula is C23H30Cl2N2O7. The number of benzene rings is 1. The van der Waals surface area contributed by atoms with E-state index >= 15 is 0 Å². The van der Waals surface area contributed by atoms with Crippen molar-refractivity contribution in [2.45, 2.75) is 68.4 Å². The average molecular weight is 517 g/mol. The van der Waals surface area contributed by atoms with Gasteiger partial charge in [0.1, 0.15) is 11.8 Å². The van der Waals surface area contributed by atoms with Crippen molar-refractivity contribution in [2.75, 3.05) is 13.6 Å². The van der Waals surface area contributed by atoms with Crippen molar-refractivity contribution in [1.29, 1.82) is 0 Å². The molecule has 1 aromatic carbocycles. The highest BCUT2D eigenvalue weighted by atomic mass is 35.5. The number of likely N-dealkylation sites (N-methyl/N-ethyl adjacent to an activating group) is 1. The van der Waals surface area contributed by atoms with Gasteiger partial charge in [-0.1, -0.05) is 6.07 Å². The molecule has 1 saturated heterocycles. The van der Waals surface area contributed by atoms with E-state index < -0.39 is 41.2 Å². The van der Waals surface area contributed by atoms with E-state index in [0.29, 0.717) is 18.6 Å². The first-order chi connectivity index (χ1) is 15.1. The van der Waals surface area contributed by atoms with E-state index in [-0.39, 0.29) is 48.8 Å². The Bertz CT molecular complexity index is 1050. The number of halogens is 2. The second-order valence-corrected chi connectivity index (χ2v) is 9.39. The summed E-state index contributed by atoms with van der Waals surface area (Å²) >= 11 is 0. The summed E-state index contributed by atoms with van der Waals surface area (Å²) in [7, 11) is 2.00. The first-order valence-electron chi connectivity index (χ1n) is 10.9. The Morgan fingerprint density at radius 2 is 1.97 bits per heavy atom. The maximum atomic E-state index is 12.7. The maximum absolute atomic E-state index is 12.7. The summed E-state index contributed by atoms with van der Waals surface area (Å²) in [5.74, 6) is -0.859. The SMILES string of the molecule is C[C@H](N)C(=O)O[C@@H](C)C(=O)OC1=CC[C@]2(O)C3Cc4ccc(O)c5c4[C@@]2(CCN3C)[C@H]1O5.Cl.Cl. The molecule has 0 aromatic heterocycles. The highest BCUT2D eigenvalue weighted by molar-refractivity contribution is 5.85. The minimum atomic E-state index is -1.16. The molecule has 2 aliphatic carbocycles. The molecule has 0 radical (unpaired) electrons. The molecule has 0 saturated carbocycles. The van der Waals surface area contributed by atoms with Crippen molar-refractivity contribution in [3.05, 3.63) is 35.1 Å². The molecule has 11 heteroatoms. The van der Waals surface area contributed by atoms with Gasteiger partial charge in [-0.2, -0.15) is 0 Å². The molecule has 5 rings (SSSR count). The smallest absolute Gasteiger partial charge is 0.352 e. The normalized spacial score (nSPS) is 32.0. The van der Waals surface area contributed by atoms with Gasteiger partial charge in [-0.3, -0.25) is 4.79 Å². The van der Waals surface area contributed by atoms with Gasteiger partial charge >= 0.3 is 11.9 Å². The number of aromatic hydroxyl groups is 1. The van der Waals surface area contributed by atoms with Crippen LogP contribution in [-0.4, -0.2) is 70.5 Å². The number of likely N-dealkylation sites (tertiary alicyclic amines) is 1. The van der Waals surface area contributed by atoms with Crippen molar-refractivity contribution >= 4 is 36.8 Å². The second-order valence-electron chi connectivity index (χ2n) is 9.39. The number of carbonyl (C=O) groups is 2. The van der Waals surface area contributed by atoms with Gasteiger partial charge in [0.15, 0.2) is 23.7 Å². The largest absolute Gasteiger partial charge is 0.504 e. The number of esters is 2. The van der Waals surface area contributed by atoms with Crippen LogP contribution in [0, 0.1) is 0 Å². The van der Waals surface area contributed by atoms with E-state index in [1.165, 1.54) is 13.8 Å². The van der Waals surface area contributed by atoms with Crippen LogP contribution >= 0.6 is 24.8 Å². The minimum Gasteiger partial charge on any atom is -0.504 e. The van der Waals surface area contributed by atoms with Gasteiger partial charge in [-0.15, -0.1) is 24.8 Å². The van der Waals surface area contributed by atoms with Gasteiger partial charge in [0.2, 0.25) is 0 Å². The predicted molar refractivity (Wildman–Crippen MR) is 126 cm³/mol. The fourth-order valence-corrected chi connectivity index (χ4v) is 5.97.